The molecular weight excluding hydrogens is 266 g/mol. The average Bonchev–Trinajstić information content (AvgIpc) is 2.53. The molecule has 0 atom stereocenters. The molecule has 1 N–H and O–H groups in total. The van der Waals surface area contributed by atoms with Crippen molar-refractivity contribution >= 4 is 6.21 Å². The van der Waals surface area contributed by atoms with Crippen molar-refractivity contribution in [3.63, 3.8) is 0 Å². The summed E-state index contributed by atoms with van der Waals surface area (Å²) in [4.78, 5) is 0. The lowest BCUT2D eigenvalue weighted by atomic mass is 10.1. The first kappa shape index (κ1) is 14.9. The molecule has 0 heterocycles. The number of oxime groups is 1. The first-order valence-electron chi connectivity index (χ1n) is 6.85. The Morgan fingerprint density at radius 1 is 1.10 bits per heavy atom. The molecule has 0 spiro atoms. The Kier molecular flexibility index (Phi) is 5.64. The van der Waals surface area contributed by atoms with Crippen molar-refractivity contribution in [3.05, 3.63) is 59.7 Å². The third-order valence-electron chi connectivity index (χ3n) is 3.10. The van der Waals surface area contributed by atoms with Gasteiger partial charge in [-0.05, 0) is 36.6 Å². The molecule has 0 saturated heterocycles. The molecule has 0 unspecified atom stereocenters. The predicted molar refractivity (Wildman–Crippen MR) is 82.6 cm³/mol. The van der Waals surface area contributed by atoms with E-state index in [1.165, 1.54) is 11.8 Å². The van der Waals surface area contributed by atoms with Crippen LogP contribution in [-0.2, 0) is 6.42 Å². The minimum atomic E-state index is 0.602. The Labute approximate surface area is 124 Å². The van der Waals surface area contributed by atoms with Crippen LogP contribution in [0.15, 0.2) is 53.7 Å². The summed E-state index contributed by atoms with van der Waals surface area (Å²) in [5, 5.41) is 11.6. The van der Waals surface area contributed by atoms with E-state index in [9.17, 15) is 0 Å². The van der Waals surface area contributed by atoms with Gasteiger partial charge in [-0.25, -0.2) is 0 Å². The van der Waals surface area contributed by atoms with Gasteiger partial charge >= 0.3 is 0 Å². The summed E-state index contributed by atoms with van der Waals surface area (Å²) < 4.78 is 11.0. The summed E-state index contributed by atoms with van der Waals surface area (Å²) in [6, 6.07) is 15.7. The normalized spacial score (nSPS) is 10.7. The number of methoxy groups -OCH3 is 1. The van der Waals surface area contributed by atoms with Gasteiger partial charge in [0, 0.05) is 5.56 Å². The molecule has 0 aliphatic heterocycles. The monoisotopic (exact) mass is 285 g/mol. The van der Waals surface area contributed by atoms with E-state index in [0.717, 1.165) is 18.4 Å². The number of aryl methyl sites for hydroxylation is 1. The summed E-state index contributed by atoms with van der Waals surface area (Å²) in [6.45, 7) is 0.602. The van der Waals surface area contributed by atoms with Gasteiger partial charge in [-0.3, -0.25) is 0 Å². The maximum atomic E-state index is 8.57. The maximum absolute atomic E-state index is 8.57. The highest BCUT2D eigenvalue weighted by Crippen LogP contribution is 2.27. The van der Waals surface area contributed by atoms with Crippen LogP contribution in [-0.4, -0.2) is 25.1 Å². The van der Waals surface area contributed by atoms with Gasteiger partial charge in [-0.15, -0.1) is 0 Å². The lowest BCUT2D eigenvalue weighted by Crippen LogP contribution is -2.01. The Morgan fingerprint density at radius 3 is 2.62 bits per heavy atom. The molecule has 0 fully saturated rings. The van der Waals surface area contributed by atoms with Crippen LogP contribution >= 0.6 is 0 Å². The zero-order valence-electron chi connectivity index (χ0n) is 12.0. The van der Waals surface area contributed by atoms with Crippen molar-refractivity contribution in [2.45, 2.75) is 12.8 Å². The first-order valence-corrected chi connectivity index (χ1v) is 6.85. The van der Waals surface area contributed by atoms with E-state index in [1.807, 2.05) is 18.2 Å². The van der Waals surface area contributed by atoms with Gasteiger partial charge in [0.25, 0.3) is 0 Å². The topological polar surface area (TPSA) is 51.0 Å². The van der Waals surface area contributed by atoms with E-state index in [1.54, 1.807) is 25.3 Å². The fourth-order valence-corrected chi connectivity index (χ4v) is 2.06. The van der Waals surface area contributed by atoms with Crippen LogP contribution in [0.4, 0.5) is 0 Å². The van der Waals surface area contributed by atoms with E-state index in [0.29, 0.717) is 18.1 Å². The second-order valence-electron chi connectivity index (χ2n) is 4.59. The third-order valence-corrected chi connectivity index (χ3v) is 3.10. The van der Waals surface area contributed by atoms with Gasteiger partial charge in [0.1, 0.15) is 0 Å². The van der Waals surface area contributed by atoms with Crippen molar-refractivity contribution < 1.29 is 14.7 Å². The van der Waals surface area contributed by atoms with Crippen LogP contribution in [0.3, 0.4) is 0 Å². The molecule has 4 nitrogen and oxygen atoms in total. The van der Waals surface area contributed by atoms with Crippen LogP contribution in [0.1, 0.15) is 17.5 Å². The van der Waals surface area contributed by atoms with Gasteiger partial charge in [-0.2, -0.15) is 0 Å². The molecule has 0 aliphatic rings. The molecule has 0 saturated carbocycles. The van der Waals surface area contributed by atoms with Crippen molar-refractivity contribution in [2.75, 3.05) is 13.7 Å². The summed E-state index contributed by atoms with van der Waals surface area (Å²) in [6.07, 6.45) is 3.25. The minimum absolute atomic E-state index is 0.602. The number of rotatable bonds is 7. The van der Waals surface area contributed by atoms with Crippen molar-refractivity contribution in [3.8, 4) is 11.5 Å². The van der Waals surface area contributed by atoms with Crippen LogP contribution in [0.5, 0.6) is 11.5 Å². The lowest BCUT2D eigenvalue weighted by Gasteiger charge is -2.11. The van der Waals surface area contributed by atoms with Crippen LogP contribution < -0.4 is 9.47 Å². The molecule has 4 heteroatoms. The van der Waals surface area contributed by atoms with Crippen LogP contribution in [0.2, 0.25) is 0 Å². The molecule has 0 aliphatic carbocycles. The van der Waals surface area contributed by atoms with Crippen molar-refractivity contribution in [2.24, 2.45) is 5.16 Å². The van der Waals surface area contributed by atoms with E-state index >= 15 is 0 Å². The van der Waals surface area contributed by atoms with E-state index in [2.05, 4.69) is 17.3 Å². The molecule has 2 aromatic carbocycles. The largest absolute Gasteiger partial charge is 0.493 e. The maximum Gasteiger partial charge on any atom is 0.161 e. The third kappa shape index (κ3) is 4.53. The number of nitrogens with zero attached hydrogens (tertiary/aromatic N) is 1. The zero-order valence-corrected chi connectivity index (χ0v) is 12.0. The molecular formula is C17H19NO3. The summed E-state index contributed by atoms with van der Waals surface area (Å²) in [7, 11) is 1.60. The molecule has 0 bridgehead atoms. The van der Waals surface area contributed by atoms with Gasteiger partial charge in [0.15, 0.2) is 11.5 Å². The molecule has 0 amide bonds. The van der Waals surface area contributed by atoms with E-state index < -0.39 is 0 Å². The summed E-state index contributed by atoms with van der Waals surface area (Å²) in [5.41, 5.74) is 2.06. The minimum Gasteiger partial charge on any atom is -0.493 e. The molecule has 2 rings (SSSR count). The van der Waals surface area contributed by atoms with Gasteiger partial charge in [0.05, 0.1) is 19.9 Å². The van der Waals surface area contributed by atoms with Gasteiger partial charge in [-0.1, -0.05) is 35.5 Å². The quantitative estimate of drug-likeness (QED) is 0.366. The zero-order chi connectivity index (χ0) is 14.9. The van der Waals surface area contributed by atoms with E-state index in [4.69, 9.17) is 14.7 Å². The number of ether oxygens (including phenoxy) is 2. The molecule has 110 valence electrons. The first-order chi connectivity index (χ1) is 10.3. The number of benzene rings is 2. The van der Waals surface area contributed by atoms with E-state index in [-0.39, 0.29) is 0 Å². The van der Waals surface area contributed by atoms with Crippen molar-refractivity contribution in [1.82, 2.24) is 0 Å². The Bertz CT molecular complexity index is 582. The number of hydrogen-bond donors (Lipinski definition) is 1. The Balaban J connectivity index is 1.91. The predicted octanol–water partition coefficient (Wildman–Crippen LogP) is 3.51. The smallest absolute Gasteiger partial charge is 0.161 e. The highest BCUT2D eigenvalue weighted by atomic mass is 16.5. The molecule has 2 aromatic rings. The lowest BCUT2D eigenvalue weighted by molar-refractivity contribution is 0.289. The van der Waals surface area contributed by atoms with Crippen LogP contribution in [0, 0.1) is 0 Å². The summed E-state index contributed by atoms with van der Waals surface area (Å²) >= 11 is 0. The number of hydrogen-bond acceptors (Lipinski definition) is 4. The second kappa shape index (κ2) is 7.94. The Morgan fingerprint density at radius 2 is 1.90 bits per heavy atom. The highest BCUT2D eigenvalue weighted by Gasteiger charge is 2.05. The molecule has 0 aromatic heterocycles. The fraction of sp³-hybridized carbons (Fsp3) is 0.235. The highest BCUT2D eigenvalue weighted by molar-refractivity contribution is 5.80. The van der Waals surface area contributed by atoms with Crippen molar-refractivity contribution in [1.29, 1.82) is 0 Å². The average molecular weight is 285 g/mol. The SMILES string of the molecule is COc1ccc(C=NO)cc1OCCCc1ccccc1. The standard InChI is InChI=1S/C17H19NO3/c1-20-16-10-9-15(13-18-19)12-17(16)21-11-5-8-14-6-3-2-4-7-14/h2-4,6-7,9-10,12-13,19H,5,8,11H2,1H3. The Hall–Kier alpha value is -2.49. The van der Waals surface area contributed by atoms with Gasteiger partial charge < -0.3 is 14.7 Å². The molecule has 0 radical (unpaired) electrons. The van der Waals surface area contributed by atoms with Gasteiger partial charge in [0.2, 0.25) is 0 Å². The fourth-order valence-electron chi connectivity index (χ4n) is 2.06. The van der Waals surface area contributed by atoms with Crippen LogP contribution in [0.25, 0.3) is 0 Å². The second-order valence-corrected chi connectivity index (χ2v) is 4.59. The molecule has 21 heavy (non-hydrogen) atoms. The summed E-state index contributed by atoms with van der Waals surface area (Å²) in [5.74, 6) is 1.33.